The number of phenolic OH excluding ortho intramolecular Hbond substituents is 1. The number of hydrogen-bond donors (Lipinski definition) is 2. The maximum atomic E-state index is 12.9. The van der Waals surface area contributed by atoms with Crippen molar-refractivity contribution in [2.24, 2.45) is 5.73 Å². The summed E-state index contributed by atoms with van der Waals surface area (Å²) >= 11 is 0. The van der Waals surface area contributed by atoms with E-state index in [0.717, 1.165) is 22.4 Å². The summed E-state index contributed by atoms with van der Waals surface area (Å²) in [6.07, 6.45) is -4.56. The number of hydrogen-bond acceptors (Lipinski definition) is 2. The molecule has 0 fully saturated rings. The van der Waals surface area contributed by atoms with Gasteiger partial charge in [-0.3, -0.25) is 4.90 Å². The molecule has 0 bridgehead atoms. The molecule has 0 radical (unpaired) electrons. The SMILES string of the molecule is NC(=O)N(c1cccc(C(F)(F)F)c1)c1cc2ccccc2cc1O. The average molecular weight is 346 g/mol. The van der Waals surface area contributed by atoms with Crippen molar-refractivity contribution in [1.82, 2.24) is 0 Å². The topological polar surface area (TPSA) is 66.6 Å². The fraction of sp³-hybridized carbons (Fsp3) is 0.0556. The van der Waals surface area contributed by atoms with E-state index in [0.29, 0.717) is 5.39 Å². The van der Waals surface area contributed by atoms with Gasteiger partial charge in [-0.05, 0) is 41.1 Å². The van der Waals surface area contributed by atoms with Gasteiger partial charge >= 0.3 is 12.2 Å². The first-order valence-corrected chi connectivity index (χ1v) is 7.26. The van der Waals surface area contributed by atoms with E-state index < -0.39 is 17.8 Å². The zero-order valence-electron chi connectivity index (χ0n) is 12.8. The van der Waals surface area contributed by atoms with E-state index >= 15 is 0 Å². The molecule has 3 aromatic carbocycles. The van der Waals surface area contributed by atoms with Crippen molar-refractivity contribution < 1.29 is 23.1 Å². The average Bonchev–Trinajstić information content (AvgIpc) is 2.55. The summed E-state index contributed by atoms with van der Waals surface area (Å²) in [5.74, 6) is -0.269. The van der Waals surface area contributed by atoms with Gasteiger partial charge in [-0.2, -0.15) is 13.2 Å². The standard InChI is InChI=1S/C18H13F3N2O2/c19-18(20,21)13-6-3-7-14(10-13)23(17(22)25)15-8-11-4-1-2-5-12(11)9-16(15)24/h1-10,24H,(H2,22,25). The lowest BCUT2D eigenvalue weighted by atomic mass is 10.1. The molecule has 25 heavy (non-hydrogen) atoms. The Labute approximate surface area is 140 Å². The molecule has 0 aliphatic heterocycles. The Morgan fingerprint density at radius 2 is 1.60 bits per heavy atom. The third-order valence-corrected chi connectivity index (χ3v) is 3.74. The Morgan fingerprint density at radius 1 is 0.960 bits per heavy atom. The van der Waals surface area contributed by atoms with Gasteiger partial charge in [0.25, 0.3) is 0 Å². The van der Waals surface area contributed by atoms with Crippen LogP contribution in [-0.4, -0.2) is 11.1 Å². The fourth-order valence-corrected chi connectivity index (χ4v) is 2.60. The van der Waals surface area contributed by atoms with Gasteiger partial charge in [0, 0.05) is 0 Å². The van der Waals surface area contributed by atoms with Gasteiger partial charge in [0.15, 0.2) is 0 Å². The van der Waals surface area contributed by atoms with Gasteiger partial charge in [0.1, 0.15) is 5.75 Å². The van der Waals surface area contributed by atoms with Crippen molar-refractivity contribution in [3.8, 4) is 5.75 Å². The summed E-state index contributed by atoms with van der Waals surface area (Å²) in [5.41, 5.74) is 4.36. The zero-order chi connectivity index (χ0) is 18.2. The van der Waals surface area contributed by atoms with Gasteiger partial charge < -0.3 is 10.8 Å². The van der Waals surface area contributed by atoms with Crippen molar-refractivity contribution in [3.63, 3.8) is 0 Å². The monoisotopic (exact) mass is 346 g/mol. The molecule has 4 nitrogen and oxygen atoms in total. The summed E-state index contributed by atoms with van der Waals surface area (Å²) in [7, 11) is 0. The number of amides is 2. The molecule has 0 heterocycles. The van der Waals surface area contributed by atoms with Crippen LogP contribution in [0.25, 0.3) is 10.8 Å². The van der Waals surface area contributed by atoms with Crippen LogP contribution in [0, 0.1) is 0 Å². The molecule has 2 amide bonds. The van der Waals surface area contributed by atoms with E-state index in [-0.39, 0.29) is 17.1 Å². The minimum absolute atomic E-state index is 0.00512. The summed E-state index contributed by atoms with van der Waals surface area (Å²) in [6, 6.07) is 13.2. The van der Waals surface area contributed by atoms with Crippen LogP contribution in [0.15, 0.2) is 60.7 Å². The summed E-state index contributed by atoms with van der Waals surface area (Å²) in [6.45, 7) is 0. The lowest BCUT2D eigenvalue weighted by Crippen LogP contribution is -2.31. The molecule has 7 heteroatoms. The van der Waals surface area contributed by atoms with Gasteiger partial charge in [0.2, 0.25) is 0 Å². The van der Waals surface area contributed by atoms with Crippen molar-refractivity contribution in [1.29, 1.82) is 0 Å². The van der Waals surface area contributed by atoms with E-state index in [1.54, 1.807) is 24.3 Å². The van der Waals surface area contributed by atoms with Crippen molar-refractivity contribution in [2.45, 2.75) is 6.18 Å². The maximum absolute atomic E-state index is 12.9. The molecule has 0 aliphatic carbocycles. The predicted molar refractivity (Wildman–Crippen MR) is 88.8 cm³/mol. The number of primary amides is 1. The number of urea groups is 1. The van der Waals surface area contributed by atoms with E-state index in [4.69, 9.17) is 5.73 Å². The van der Waals surface area contributed by atoms with Crippen molar-refractivity contribution >= 4 is 28.2 Å². The van der Waals surface area contributed by atoms with Gasteiger partial charge in [-0.25, -0.2) is 4.79 Å². The number of aromatic hydroxyl groups is 1. The molecule has 3 rings (SSSR count). The van der Waals surface area contributed by atoms with Crippen LogP contribution in [0.4, 0.5) is 29.3 Å². The summed E-state index contributed by atoms with van der Waals surface area (Å²) < 4.78 is 38.8. The highest BCUT2D eigenvalue weighted by Gasteiger charge is 2.31. The summed E-state index contributed by atoms with van der Waals surface area (Å²) in [4.78, 5) is 12.7. The van der Waals surface area contributed by atoms with Crippen LogP contribution in [0.3, 0.4) is 0 Å². The minimum Gasteiger partial charge on any atom is -0.506 e. The predicted octanol–water partition coefficient (Wildman–Crippen LogP) is 4.78. The third-order valence-electron chi connectivity index (χ3n) is 3.74. The Balaban J connectivity index is 2.18. The Kier molecular flexibility index (Phi) is 4.00. The van der Waals surface area contributed by atoms with E-state index in [2.05, 4.69) is 0 Å². The van der Waals surface area contributed by atoms with E-state index in [9.17, 15) is 23.1 Å². The van der Waals surface area contributed by atoms with E-state index in [1.807, 2.05) is 0 Å². The normalized spacial score (nSPS) is 11.5. The lowest BCUT2D eigenvalue weighted by molar-refractivity contribution is -0.137. The first-order valence-electron chi connectivity index (χ1n) is 7.26. The van der Waals surface area contributed by atoms with Crippen LogP contribution in [-0.2, 0) is 6.18 Å². The molecule has 0 saturated heterocycles. The molecule has 3 aromatic rings. The van der Waals surface area contributed by atoms with Gasteiger partial charge in [-0.15, -0.1) is 0 Å². The number of nitrogens with two attached hydrogens (primary N) is 1. The molecular weight excluding hydrogens is 333 g/mol. The van der Waals surface area contributed by atoms with Crippen LogP contribution in [0.5, 0.6) is 5.75 Å². The quantitative estimate of drug-likeness (QED) is 0.701. The minimum atomic E-state index is -4.56. The summed E-state index contributed by atoms with van der Waals surface area (Å²) in [5, 5.41) is 11.7. The smallest absolute Gasteiger partial charge is 0.416 e. The third kappa shape index (κ3) is 3.21. The molecule has 0 spiro atoms. The fourth-order valence-electron chi connectivity index (χ4n) is 2.60. The number of fused-ring (bicyclic) bond motifs is 1. The number of nitrogens with zero attached hydrogens (tertiary/aromatic N) is 1. The molecule has 0 aliphatic rings. The number of anilines is 2. The van der Waals surface area contributed by atoms with Crippen LogP contribution < -0.4 is 10.6 Å². The first kappa shape index (κ1) is 16.6. The number of carbonyl (C=O) groups excluding carboxylic acids is 1. The van der Waals surface area contributed by atoms with Crippen molar-refractivity contribution in [2.75, 3.05) is 4.90 Å². The second-order valence-electron chi connectivity index (χ2n) is 5.41. The van der Waals surface area contributed by atoms with E-state index in [1.165, 1.54) is 24.3 Å². The molecule has 0 unspecified atom stereocenters. The van der Waals surface area contributed by atoms with Crippen molar-refractivity contribution in [3.05, 3.63) is 66.2 Å². The number of benzene rings is 3. The number of rotatable bonds is 2. The Bertz CT molecular complexity index is 954. The number of phenols is 1. The van der Waals surface area contributed by atoms with Gasteiger partial charge in [-0.1, -0.05) is 30.3 Å². The molecule has 3 N–H and O–H groups in total. The lowest BCUT2D eigenvalue weighted by Gasteiger charge is -2.23. The number of carbonyl (C=O) groups is 1. The van der Waals surface area contributed by atoms with Crippen LogP contribution >= 0.6 is 0 Å². The van der Waals surface area contributed by atoms with Crippen LogP contribution in [0.2, 0.25) is 0 Å². The first-order chi connectivity index (χ1) is 11.8. The maximum Gasteiger partial charge on any atom is 0.416 e. The second kappa shape index (κ2) is 6.01. The zero-order valence-corrected chi connectivity index (χ0v) is 12.8. The molecule has 128 valence electrons. The Morgan fingerprint density at radius 3 is 2.20 bits per heavy atom. The Hall–Kier alpha value is -3.22. The highest BCUT2D eigenvalue weighted by Crippen LogP contribution is 2.38. The number of halogens is 3. The van der Waals surface area contributed by atoms with Crippen LogP contribution in [0.1, 0.15) is 5.56 Å². The molecule has 0 saturated carbocycles. The highest BCUT2D eigenvalue weighted by atomic mass is 19.4. The number of alkyl halides is 3. The molecule has 0 aromatic heterocycles. The van der Waals surface area contributed by atoms with Gasteiger partial charge in [0.05, 0.1) is 16.9 Å². The molecular formula is C18H13F3N2O2. The molecule has 0 atom stereocenters. The largest absolute Gasteiger partial charge is 0.506 e. The highest BCUT2D eigenvalue weighted by molar-refractivity contribution is 6.02. The second-order valence-corrected chi connectivity index (χ2v) is 5.41.